The van der Waals surface area contributed by atoms with E-state index in [4.69, 9.17) is 4.74 Å². The predicted octanol–water partition coefficient (Wildman–Crippen LogP) is 2.10. The summed E-state index contributed by atoms with van der Waals surface area (Å²) in [6.07, 6.45) is 4.51. The summed E-state index contributed by atoms with van der Waals surface area (Å²) in [6.45, 7) is 2.53. The first-order valence-corrected chi connectivity index (χ1v) is 6.59. The number of morpholine rings is 1. The van der Waals surface area contributed by atoms with Crippen molar-refractivity contribution in [1.82, 2.24) is 15.3 Å². The molecule has 1 fully saturated rings. The van der Waals surface area contributed by atoms with E-state index < -0.39 is 0 Å². The topological polar surface area (TPSA) is 47.0 Å². The Kier molecular flexibility index (Phi) is 5.47. The molecule has 106 valence electrons. The monoisotopic (exact) mass is 291 g/mol. The lowest BCUT2D eigenvalue weighted by Gasteiger charge is -2.23. The molecule has 2 aromatic rings. The Morgan fingerprint density at radius 1 is 1.20 bits per heavy atom. The number of nitrogens with zero attached hydrogens (tertiary/aromatic N) is 2. The Labute approximate surface area is 125 Å². The first-order valence-electron chi connectivity index (χ1n) is 6.59. The molecule has 5 heteroatoms. The highest BCUT2D eigenvalue weighted by Gasteiger charge is 2.13. The maximum Gasteiger partial charge on any atom is 0.159 e. The van der Waals surface area contributed by atoms with E-state index >= 15 is 0 Å². The van der Waals surface area contributed by atoms with Crippen LogP contribution in [0.25, 0.3) is 11.4 Å². The Hall–Kier alpha value is -1.49. The third kappa shape index (κ3) is 3.76. The summed E-state index contributed by atoms with van der Waals surface area (Å²) >= 11 is 0. The summed E-state index contributed by atoms with van der Waals surface area (Å²) < 4.78 is 5.48. The molecule has 20 heavy (non-hydrogen) atoms. The zero-order chi connectivity index (χ0) is 12.9. The maximum atomic E-state index is 5.48. The van der Waals surface area contributed by atoms with Gasteiger partial charge in [-0.2, -0.15) is 0 Å². The van der Waals surface area contributed by atoms with Crippen molar-refractivity contribution in [2.24, 2.45) is 0 Å². The van der Waals surface area contributed by atoms with E-state index in [9.17, 15) is 0 Å². The molecule has 3 rings (SSSR count). The van der Waals surface area contributed by atoms with Crippen LogP contribution in [0.4, 0.5) is 0 Å². The van der Waals surface area contributed by atoms with Gasteiger partial charge in [0.15, 0.2) is 5.82 Å². The molecule has 1 saturated heterocycles. The van der Waals surface area contributed by atoms with Crippen LogP contribution in [-0.4, -0.2) is 35.8 Å². The SMILES string of the molecule is Cl.c1cnc(-c2cccc(CC3COCCN3)c2)nc1. The zero-order valence-corrected chi connectivity index (χ0v) is 12.0. The average Bonchev–Trinajstić information content (AvgIpc) is 2.49. The van der Waals surface area contributed by atoms with E-state index in [1.54, 1.807) is 12.4 Å². The van der Waals surface area contributed by atoms with Crippen molar-refractivity contribution in [2.45, 2.75) is 12.5 Å². The molecule has 0 radical (unpaired) electrons. The van der Waals surface area contributed by atoms with Gasteiger partial charge in [-0.05, 0) is 24.1 Å². The first kappa shape index (κ1) is 14.9. The molecule has 0 bridgehead atoms. The molecule has 0 amide bonds. The molecule has 1 aromatic carbocycles. The number of halogens is 1. The van der Waals surface area contributed by atoms with Gasteiger partial charge in [-0.1, -0.05) is 18.2 Å². The molecule has 0 spiro atoms. The number of aromatic nitrogens is 2. The van der Waals surface area contributed by atoms with Crippen LogP contribution in [0, 0.1) is 0 Å². The van der Waals surface area contributed by atoms with Gasteiger partial charge in [0.05, 0.1) is 13.2 Å². The zero-order valence-electron chi connectivity index (χ0n) is 11.2. The maximum absolute atomic E-state index is 5.48. The minimum atomic E-state index is 0. The quantitative estimate of drug-likeness (QED) is 0.941. The van der Waals surface area contributed by atoms with Crippen LogP contribution in [0.15, 0.2) is 42.7 Å². The summed E-state index contributed by atoms with van der Waals surface area (Å²) in [5, 5.41) is 3.47. The van der Waals surface area contributed by atoms with Gasteiger partial charge in [-0.25, -0.2) is 9.97 Å². The Bertz CT molecular complexity index is 530. The normalized spacial score (nSPS) is 18.3. The highest BCUT2D eigenvalue weighted by Crippen LogP contribution is 2.17. The molecule has 1 N–H and O–H groups in total. The molecular weight excluding hydrogens is 274 g/mol. The van der Waals surface area contributed by atoms with Crippen molar-refractivity contribution in [2.75, 3.05) is 19.8 Å². The van der Waals surface area contributed by atoms with Crippen molar-refractivity contribution in [3.05, 3.63) is 48.3 Å². The summed E-state index contributed by atoms with van der Waals surface area (Å²) in [5.41, 5.74) is 2.35. The van der Waals surface area contributed by atoms with Crippen molar-refractivity contribution in [1.29, 1.82) is 0 Å². The van der Waals surface area contributed by atoms with Gasteiger partial charge in [0.1, 0.15) is 0 Å². The molecule has 0 aliphatic carbocycles. The second-order valence-electron chi connectivity index (χ2n) is 4.70. The van der Waals surface area contributed by atoms with Gasteiger partial charge >= 0.3 is 0 Å². The Balaban J connectivity index is 0.00000147. The second-order valence-corrected chi connectivity index (χ2v) is 4.70. The van der Waals surface area contributed by atoms with E-state index in [1.807, 2.05) is 12.1 Å². The van der Waals surface area contributed by atoms with Crippen molar-refractivity contribution in [3.8, 4) is 11.4 Å². The third-order valence-electron chi connectivity index (χ3n) is 3.23. The lowest BCUT2D eigenvalue weighted by atomic mass is 10.0. The van der Waals surface area contributed by atoms with Crippen LogP contribution in [-0.2, 0) is 11.2 Å². The fraction of sp³-hybridized carbons (Fsp3) is 0.333. The highest BCUT2D eigenvalue weighted by molar-refractivity contribution is 5.85. The third-order valence-corrected chi connectivity index (χ3v) is 3.23. The fourth-order valence-corrected chi connectivity index (χ4v) is 2.32. The molecule has 0 saturated carbocycles. The molecule has 4 nitrogen and oxygen atoms in total. The number of hydrogen-bond donors (Lipinski definition) is 1. The number of nitrogens with one attached hydrogen (secondary N) is 1. The van der Waals surface area contributed by atoms with Crippen molar-refractivity contribution >= 4 is 12.4 Å². The number of hydrogen-bond acceptors (Lipinski definition) is 4. The van der Waals surface area contributed by atoms with E-state index in [2.05, 4.69) is 33.5 Å². The van der Waals surface area contributed by atoms with Gasteiger partial charge in [0.25, 0.3) is 0 Å². The van der Waals surface area contributed by atoms with Gasteiger partial charge in [-0.3, -0.25) is 0 Å². The van der Waals surface area contributed by atoms with Gasteiger partial charge in [0, 0.05) is 30.5 Å². The summed E-state index contributed by atoms with van der Waals surface area (Å²) in [5.74, 6) is 0.775. The lowest BCUT2D eigenvalue weighted by Crippen LogP contribution is -2.42. The standard InChI is InChI=1S/C15H17N3O.ClH/c1-3-12(10-14-11-19-8-7-16-14)9-13(4-1)15-17-5-2-6-18-15;/h1-6,9,14,16H,7-8,10-11H2;1H. The second kappa shape index (κ2) is 7.33. The molecule has 1 aliphatic heterocycles. The summed E-state index contributed by atoms with van der Waals surface area (Å²) in [7, 11) is 0. The molecule has 1 unspecified atom stereocenters. The Morgan fingerprint density at radius 2 is 2.05 bits per heavy atom. The smallest absolute Gasteiger partial charge is 0.159 e. The van der Waals surface area contributed by atoms with Crippen LogP contribution in [0.2, 0.25) is 0 Å². The lowest BCUT2D eigenvalue weighted by molar-refractivity contribution is 0.0770. The van der Waals surface area contributed by atoms with Crippen LogP contribution in [0.1, 0.15) is 5.56 Å². The van der Waals surface area contributed by atoms with Crippen molar-refractivity contribution < 1.29 is 4.74 Å². The molecule has 2 heterocycles. The summed E-state index contributed by atoms with van der Waals surface area (Å²) in [4.78, 5) is 8.57. The van der Waals surface area contributed by atoms with Crippen molar-refractivity contribution in [3.63, 3.8) is 0 Å². The largest absolute Gasteiger partial charge is 0.379 e. The molecular formula is C15H18ClN3O. The molecule has 1 atom stereocenters. The highest BCUT2D eigenvalue weighted by atomic mass is 35.5. The molecule has 1 aliphatic rings. The van der Waals surface area contributed by atoms with Gasteiger partial charge in [0.2, 0.25) is 0 Å². The fourth-order valence-electron chi connectivity index (χ4n) is 2.32. The van der Waals surface area contributed by atoms with Gasteiger partial charge < -0.3 is 10.1 Å². The number of rotatable bonds is 3. The van der Waals surface area contributed by atoms with Crippen LogP contribution in [0.3, 0.4) is 0 Å². The summed E-state index contributed by atoms with van der Waals surface area (Å²) in [6, 6.07) is 10.6. The van der Waals surface area contributed by atoms with Crippen LogP contribution in [0.5, 0.6) is 0 Å². The number of benzene rings is 1. The first-order chi connectivity index (χ1) is 9.42. The van der Waals surface area contributed by atoms with E-state index in [-0.39, 0.29) is 12.4 Å². The minimum absolute atomic E-state index is 0. The van der Waals surface area contributed by atoms with E-state index in [1.165, 1.54) is 5.56 Å². The van der Waals surface area contributed by atoms with E-state index in [0.717, 1.165) is 37.6 Å². The van der Waals surface area contributed by atoms with Crippen LogP contribution >= 0.6 is 12.4 Å². The number of ether oxygens (including phenoxy) is 1. The predicted molar refractivity (Wildman–Crippen MR) is 81.0 cm³/mol. The average molecular weight is 292 g/mol. The minimum Gasteiger partial charge on any atom is -0.379 e. The van der Waals surface area contributed by atoms with Crippen LogP contribution < -0.4 is 5.32 Å². The van der Waals surface area contributed by atoms with Gasteiger partial charge in [-0.15, -0.1) is 12.4 Å². The van der Waals surface area contributed by atoms with E-state index in [0.29, 0.717) is 6.04 Å². The Morgan fingerprint density at radius 3 is 2.80 bits per heavy atom. The molecule has 1 aromatic heterocycles.